The lowest BCUT2D eigenvalue weighted by molar-refractivity contribution is 0.216. The van der Waals surface area contributed by atoms with Crippen LogP contribution in [0, 0.1) is 5.92 Å². The third-order valence-corrected chi connectivity index (χ3v) is 8.22. The first-order valence-electron chi connectivity index (χ1n) is 8.78. The maximum absolute atomic E-state index is 12.6. The van der Waals surface area contributed by atoms with Crippen molar-refractivity contribution < 1.29 is 13.2 Å². The predicted octanol–water partition coefficient (Wildman–Crippen LogP) is 4.07. The molecule has 2 aromatic rings. The first kappa shape index (κ1) is 18.1. The van der Waals surface area contributed by atoms with E-state index in [1.807, 2.05) is 12.1 Å². The number of nitrogens with one attached hydrogen (secondary N) is 2. The quantitative estimate of drug-likeness (QED) is 0.794. The Labute approximate surface area is 162 Å². The Hall–Kier alpha value is -1.28. The third kappa shape index (κ3) is 3.71. The number of anilines is 1. The maximum atomic E-state index is 12.6. The monoisotopic (exact) mass is 412 g/mol. The average Bonchev–Trinajstić information content (AvgIpc) is 3.09. The summed E-state index contributed by atoms with van der Waals surface area (Å²) in [4.78, 5) is 0. The van der Waals surface area contributed by atoms with Gasteiger partial charge in [0.15, 0.2) is 0 Å². The molecule has 26 heavy (non-hydrogen) atoms. The minimum Gasteiger partial charge on any atom is -0.493 e. The highest BCUT2D eigenvalue weighted by Crippen LogP contribution is 2.42. The lowest BCUT2D eigenvalue weighted by Crippen LogP contribution is -2.32. The minimum absolute atomic E-state index is 0.214. The van der Waals surface area contributed by atoms with E-state index in [9.17, 15) is 8.42 Å². The van der Waals surface area contributed by atoms with E-state index in [1.165, 1.54) is 6.07 Å². The van der Waals surface area contributed by atoms with Gasteiger partial charge < -0.3 is 10.1 Å². The van der Waals surface area contributed by atoms with Gasteiger partial charge in [-0.15, -0.1) is 11.3 Å². The van der Waals surface area contributed by atoms with Gasteiger partial charge in [-0.05, 0) is 80.1 Å². The van der Waals surface area contributed by atoms with E-state index in [0.717, 1.165) is 61.6 Å². The van der Waals surface area contributed by atoms with E-state index in [2.05, 4.69) is 10.0 Å². The van der Waals surface area contributed by atoms with E-state index in [0.29, 0.717) is 21.9 Å². The number of hydrogen-bond acceptors (Lipinski definition) is 5. The van der Waals surface area contributed by atoms with Crippen LogP contribution in [0.2, 0.25) is 4.34 Å². The molecule has 1 aromatic carbocycles. The highest BCUT2D eigenvalue weighted by Gasteiger charge is 2.30. The van der Waals surface area contributed by atoms with Crippen LogP contribution in [0.4, 0.5) is 5.69 Å². The fourth-order valence-electron chi connectivity index (χ4n) is 3.87. The van der Waals surface area contributed by atoms with Crippen molar-refractivity contribution >= 4 is 38.6 Å². The number of ether oxygens (including phenoxy) is 1. The second kappa shape index (κ2) is 7.38. The molecule has 0 saturated carbocycles. The van der Waals surface area contributed by atoms with Crippen molar-refractivity contribution in [3.63, 3.8) is 0 Å². The predicted molar refractivity (Wildman–Crippen MR) is 105 cm³/mol. The zero-order valence-corrected chi connectivity index (χ0v) is 16.6. The van der Waals surface area contributed by atoms with Gasteiger partial charge in [0.05, 0.1) is 10.9 Å². The number of sulfonamides is 1. The molecule has 3 heterocycles. The molecule has 0 amide bonds. The number of halogens is 1. The van der Waals surface area contributed by atoms with Gasteiger partial charge in [0.1, 0.15) is 9.96 Å². The number of benzene rings is 1. The average molecular weight is 413 g/mol. The molecule has 1 saturated heterocycles. The fraction of sp³-hybridized carbons (Fsp3) is 0.444. The zero-order chi connectivity index (χ0) is 18.1. The maximum Gasteiger partial charge on any atom is 0.271 e. The molecule has 5 nitrogen and oxygen atoms in total. The summed E-state index contributed by atoms with van der Waals surface area (Å²) >= 11 is 6.92. The molecular formula is C18H21ClN2O3S2. The molecule has 2 aliphatic heterocycles. The molecule has 2 N–H and O–H groups in total. The third-order valence-electron chi connectivity index (χ3n) is 5.11. The Morgan fingerprint density at radius 2 is 1.96 bits per heavy atom. The number of rotatable bonds is 4. The first-order chi connectivity index (χ1) is 12.5. The van der Waals surface area contributed by atoms with Gasteiger partial charge in [-0.1, -0.05) is 11.6 Å². The summed E-state index contributed by atoms with van der Waals surface area (Å²) in [5, 5.41) is 3.41. The summed E-state index contributed by atoms with van der Waals surface area (Å²) in [5.74, 6) is 1.91. The Bertz CT molecular complexity index is 892. The van der Waals surface area contributed by atoms with Crippen molar-refractivity contribution in [2.75, 3.05) is 24.4 Å². The molecule has 0 aliphatic carbocycles. The van der Waals surface area contributed by atoms with Crippen LogP contribution in [-0.4, -0.2) is 28.1 Å². The van der Waals surface area contributed by atoms with Crippen molar-refractivity contribution in [2.45, 2.75) is 29.4 Å². The van der Waals surface area contributed by atoms with Gasteiger partial charge in [0.25, 0.3) is 10.0 Å². The van der Waals surface area contributed by atoms with E-state index in [1.54, 1.807) is 12.1 Å². The Kier molecular flexibility index (Phi) is 5.14. The van der Waals surface area contributed by atoms with Gasteiger partial charge >= 0.3 is 0 Å². The van der Waals surface area contributed by atoms with Gasteiger partial charge in [-0.25, -0.2) is 8.42 Å². The topological polar surface area (TPSA) is 67.4 Å². The van der Waals surface area contributed by atoms with E-state index < -0.39 is 10.0 Å². The number of hydrogen-bond donors (Lipinski definition) is 2. The van der Waals surface area contributed by atoms with Crippen LogP contribution in [0.3, 0.4) is 0 Å². The molecule has 4 rings (SSSR count). The van der Waals surface area contributed by atoms with E-state index in [-0.39, 0.29) is 4.21 Å². The van der Waals surface area contributed by atoms with Crippen LogP contribution in [0.25, 0.3) is 0 Å². The molecule has 0 spiro atoms. The smallest absolute Gasteiger partial charge is 0.271 e. The molecular weight excluding hydrogens is 392 g/mol. The highest BCUT2D eigenvalue weighted by atomic mass is 35.5. The molecule has 0 radical (unpaired) electrons. The number of fused-ring (bicyclic) bond motifs is 1. The van der Waals surface area contributed by atoms with Crippen LogP contribution >= 0.6 is 22.9 Å². The second-order valence-corrected chi connectivity index (χ2v) is 10.4. The lowest BCUT2D eigenvalue weighted by Gasteiger charge is -2.35. The molecule has 1 aromatic heterocycles. The summed E-state index contributed by atoms with van der Waals surface area (Å²) in [6, 6.07) is 8.69. The molecule has 140 valence electrons. The number of piperidine rings is 1. The molecule has 0 bridgehead atoms. The molecule has 1 unspecified atom stereocenters. The number of thiophene rings is 1. The lowest BCUT2D eigenvalue weighted by atomic mass is 9.77. The SMILES string of the molecule is O=S(=O)(Nc1ccc2c(c1)C(C1CCNCC1)CCO2)c1ccc(Cl)s1. The van der Waals surface area contributed by atoms with Gasteiger partial charge in [-0.3, -0.25) is 4.72 Å². The van der Waals surface area contributed by atoms with Crippen LogP contribution in [0.15, 0.2) is 34.5 Å². The molecule has 8 heteroatoms. The summed E-state index contributed by atoms with van der Waals surface area (Å²) < 4.78 is 34.3. The van der Waals surface area contributed by atoms with E-state index >= 15 is 0 Å². The fourth-order valence-corrected chi connectivity index (χ4v) is 6.40. The van der Waals surface area contributed by atoms with Crippen molar-refractivity contribution in [1.82, 2.24) is 5.32 Å². The Balaban J connectivity index is 1.61. The zero-order valence-electron chi connectivity index (χ0n) is 14.2. The summed E-state index contributed by atoms with van der Waals surface area (Å²) in [6.07, 6.45) is 3.27. The normalized spacial score (nSPS) is 21.0. The van der Waals surface area contributed by atoms with E-state index in [4.69, 9.17) is 16.3 Å². The van der Waals surface area contributed by atoms with Gasteiger partial charge in [0.2, 0.25) is 0 Å². The van der Waals surface area contributed by atoms with Crippen LogP contribution < -0.4 is 14.8 Å². The Morgan fingerprint density at radius 1 is 1.15 bits per heavy atom. The van der Waals surface area contributed by atoms with Gasteiger partial charge in [0, 0.05) is 5.69 Å². The van der Waals surface area contributed by atoms with Crippen LogP contribution in [0.1, 0.15) is 30.7 Å². The van der Waals surface area contributed by atoms with Crippen LogP contribution in [0.5, 0.6) is 5.75 Å². The first-order valence-corrected chi connectivity index (χ1v) is 11.5. The molecule has 1 atom stereocenters. The van der Waals surface area contributed by atoms with Crippen molar-refractivity contribution in [3.05, 3.63) is 40.2 Å². The standard InChI is InChI=1S/C18H21ClN2O3S2/c19-17-3-4-18(25-17)26(22,23)21-13-1-2-16-15(11-13)14(7-10-24-16)12-5-8-20-9-6-12/h1-4,11-12,14,20-21H,5-10H2. The summed E-state index contributed by atoms with van der Waals surface area (Å²) in [6.45, 7) is 2.81. The largest absolute Gasteiger partial charge is 0.493 e. The second-order valence-electron chi connectivity index (χ2n) is 6.75. The van der Waals surface area contributed by atoms with Crippen molar-refractivity contribution in [1.29, 1.82) is 0 Å². The molecule has 2 aliphatic rings. The van der Waals surface area contributed by atoms with Gasteiger partial charge in [-0.2, -0.15) is 0 Å². The van der Waals surface area contributed by atoms with Crippen molar-refractivity contribution in [2.24, 2.45) is 5.92 Å². The van der Waals surface area contributed by atoms with Crippen LogP contribution in [-0.2, 0) is 10.0 Å². The minimum atomic E-state index is -3.63. The van der Waals surface area contributed by atoms with Crippen molar-refractivity contribution in [3.8, 4) is 5.75 Å². The summed E-state index contributed by atoms with van der Waals surface area (Å²) in [5.41, 5.74) is 1.69. The summed E-state index contributed by atoms with van der Waals surface area (Å²) in [7, 11) is -3.63. The highest BCUT2D eigenvalue weighted by molar-refractivity contribution is 7.94. The Morgan fingerprint density at radius 3 is 2.69 bits per heavy atom. The molecule has 1 fully saturated rings.